The Morgan fingerprint density at radius 3 is 2.15 bits per heavy atom. The molecule has 0 aliphatic heterocycles. The molecule has 0 N–H and O–H groups in total. The largest absolute Gasteiger partial charge is 0.206 e. The minimum absolute atomic E-state index is 0.147. The van der Waals surface area contributed by atoms with Crippen molar-refractivity contribution in [2.24, 2.45) is 5.92 Å². The summed E-state index contributed by atoms with van der Waals surface area (Å²) in [5, 5.41) is 0. The highest BCUT2D eigenvalue weighted by molar-refractivity contribution is 5.64. The van der Waals surface area contributed by atoms with E-state index in [4.69, 9.17) is 0 Å². The summed E-state index contributed by atoms with van der Waals surface area (Å²) in [4.78, 5) is 0. The molecule has 0 amide bonds. The van der Waals surface area contributed by atoms with E-state index in [0.717, 1.165) is 11.5 Å². The zero-order chi connectivity index (χ0) is 13.9. The molecule has 0 spiro atoms. The molecule has 3 rings (SSSR count). The molecule has 20 heavy (non-hydrogen) atoms. The third kappa shape index (κ3) is 2.77. The molecule has 0 nitrogen and oxygen atoms in total. The number of hydrogen-bond donors (Lipinski definition) is 0. The Labute approximate surface area is 120 Å². The van der Waals surface area contributed by atoms with Gasteiger partial charge in [-0.05, 0) is 41.9 Å². The lowest BCUT2D eigenvalue weighted by Crippen LogP contribution is -2.10. The van der Waals surface area contributed by atoms with Crippen LogP contribution in [0.2, 0.25) is 0 Å². The second-order valence-corrected chi connectivity index (χ2v) is 6.06. The van der Waals surface area contributed by atoms with Gasteiger partial charge in [0, 0.05) is 5.56 Å². The van der Waals surface area contributed by atoms with E-state index in [-0.39, 0.29) is 5.82 Å². The van der Waals surface area contributed by atoms with Crippen LogP contribution < -0.4 is 0 Å². The van der Waals surface area contributed by atoms with Crippen molar-refractivity contribution in [3.8, 4) is 11.1 Å². The molecule has 0 radical (unpaired) electrons. The Morgan fingerprint density at radius 2 is 1.50 bits per heavy atom. The number of halogens is 1. The standard InChI is InChI=1S/C19H21F/c1-14-6-8-15(9-7-14)16-10-12-17(13-11-16)18-4-2-3-5-19(18)20/h2-5,10-15H,6-9H2,1H3. The highest BCUT2D eigenvalue weighted by atomic mass is 19.1. The van der Waals surface area contributed by atoms with Crippen molar-refractivity contribution >= 4 is 0 Å². The Balaban J connectivity index is 1.80. The molecule has 2 aromatic rings. The van der Waals surface area contributed by atoms with Gasteiger partial charge < -0.3 is 0 Å². The Morgan fingerprint density at radius 1 is 0.850 bits per heavy atom. The van der Waals surface area contributed by atoms with Crippen LogP contribution in [0.25, 0.3) is 11.1 Å². The molecular formula is C19H21F. The molecule has 104 valence electrons. The van der Waals surface area contributed by atoms with Crippen LogP contribution in [0.1, 0.15) is 44.1 Å². The average molecular weight is 268 g/mol. The summed E-state index contributed by atoms with van der Waals surface area (Å²) in [5.74, 6) is 1.43. The minimum Gasteiger partial charge on any atom is -0.206 e. The highest BCUT2D eigenvalue weighted by Crippen LogP contribution is 2.36. The summed E-state index contributed by atoms with van der Waals surface area (Å²) in [5.41, 5.74) is 3.07. The summed E-state index contributed by atoms with van der Waals surface area (Å²) in [6.07, 6.45) is 5.25. The fraction of sp³-hybridized carbons (Fsp3) is 0.368. The van der Waals surface area contributed by atoms with Crippen LogP contribution in [-0.4, -0.2) is 0 Å². The van der Waals surface area contributed by atoms with Crippen molar-refractivity contribution in [3.63, 3.8) is 0 Å². The van der Waals surface area contributed by atoms with Crippen LogP contribution in [0.5, 0.6) is 0 Å². The lowest BCUT2D eigenvalue weighted by Gasteiger charge is -2.26. The van der Waals surface area contributed by atoms with Gasteiger partial charge in [-0.3, -0.25) is 0 Å². The van der Waals surface area contributed by atoms with E-state index >= 15 is 0 Å². The van der Waals surface area contributed by atoms with Crippen LogP contribution in [0.15, 0.2) is 48.5 Å². The molecule has 0 saturated heterocycles. The van der Waals surface area contributed by atoms with Crippen LogP contribution in [0, 0.1) is 11.7 Å². The van der Waals surface area contributed by atoms with Gasteiger partial charge in [0.25, 0.3) is 0 Å². The normalized spacial score (nSPS) is 22.7. The maximum atomic E-state index is 13.8. The van der Waals surface area contributed by atoms with Gasteiger partial charge in [-0.1, -0.05) is 62.2 Å². The van der Waals surface area contributed by atoms with Crippen LogP contribution >= 0.6 is 0 Å². The molecule has 1 heteroatoms. The number of rotatable bonds is 2. The first-order chi connectivity index (χ1) is 9.74. The van der Waals surface area contributed by atoms with Crippen molar-refractivity contribution < 1.29 is 4.39 Å². The third-order valence-electron chi connectivity index (χ3n) is 4.58. The Kier molecular flexibility index (Phi) is 3.86. The molecule has 0 aromatic heterocycles. The lowest BCUT2D eigenvalue weighted by atomic mass is 9.79. The SMILES string of the molecule is CC1CCC(c2ccc(-c3ccccc3F)cc2)CC1. The summed E-state index contributed by atoms with van der Waals surface area (Å²) in [6.45, 7) is 2.34. The average Bonchev–Trinajstić information content (AvgIpc) is 2.49. The van der Waals surface area contributed by atoms with Gasteiger partial charge in [-0.2, -0.15) is 0 Å². The van der Waals surface area contributed by atoms with E-state index in [0.29, 0.717) is 11.5 Å². The quantitative estimate of drug-likeness (QED) is 0.647. The van der Waals surface area contributed by atoms with E-state index in [1.165, 1.54) is 37.3 Å². The number of benzene rings is 2. The summed E-state index contributed by atoms with van der Waals surface area (Å²) in [7, 11) is 0. The molecule has 1 aliphatic carbocycles. The topological polar surface area (TPSA) is 0 Å². The van der Waals surface area contributed by atoms with Gasteiger partial charge in [-0.15, -0.1) is 0 Å². The molecule has 1 aliphatic rings. The zero-order valence-electron chi connectivity index (χ0n) is 12.0. The number of hydrogen-bond acceptors (Lipinski definition) is 0. The minimum atomic E-state index is -0.147. The second kappa shape index (κ2) is 5.78. The van der Waals surface area contributed by atoms with Gasteiger partial charge in [0.15, 0.2) is 0 Å². The fourth-order valence-electron chi connectivity index (χ4n) is 3.22. The summed E-state index contributed by atoms with van der Waals surface area (Å²) >= 11 is 0. The molecule has 0 bridgehead atoms. The van der Waals surface area contributed by atoms with Gasteiger partial charge in [0.2, 0.25) is 0 Å². The van der Waals surface area contributed by atoms with Crippen molar-refractivity contribution in [2.75, 3.05) is 0 Å². The van der Waals surface area contributed by atoms with Crippen molar-refractivity contribution in [1.82, 2.24) is 0 Å². The van der Waals surface area contributed by atoms with Crippen LogP contribution in [0.3, 0.4) is 0 Å². The molecule has 0 atom stereocenters. The predicted molar refractivity (Wildman–Crippen MR) is 82.2 cm³/mol. The maximum absolute atomic E-state index is 13.8. The predicted octanol–water partition coefficient (Wildman–Crippen LogP) is 5.79. The molecule has 2 aromatic carbocycles. The molecule has 1 fully saturated rings. The first-order valence-electron chi connectivity index (χ1n) is 7.59. The maximum Gasteiger partial charge on any atom is 0.131 e. The van der Waals surface area contributed by atoms with Crippen molar-refractivity contribution in [2.45, 2.75) is 38.5 Å². The van der Waals surface area contributed by atoms with E-state index in [1.807, 2.05) is 12.1 Å². The Hall–Kier alpha value is -1.63. The second-order valence-electron chi connectivity index (χ2n) is 6.06. The first kappa shape index (κ1) is 13.4. The molecule has 1 saturated carbocycles. The van der Waals surface area contributed by atoms with Gasteiger partial charge in [0.1, 0.15) is 5.82 Å². The molecule has 0 unspecified atom stereocenters. The van der Waals surface area contributed by atoms with Gasteiger partial charge >= 0.3 is 0 Å². The van der Waals surface area contributed by atoms with Crippen molar-refractivity contribution in [3.05, 3.63) is 59.9 Å². The van der Waals surface area contributed by atoms with E-state index in [2.05, 4.69) is 31.2 Å². The van der Waals surface area contributed by atoms with Gasteiger partial charge in [0.05, 0.1) is 0 Å². The lowest BCUT2D eigenvalue weighted by molar-refractivity contribution is 0.348. The van der Waals surface area contributed by atoms with E-state index < -0.39 is 0 Å². The fourth-order valence-corrected chi connectivity index (χ4v) is 3.22. The van der Waals surface area contributed by atoms with Gasteiger partial charge in [-0.25, -0.2) is 4.39 Å². The van der Waals surface area contributed by atoms with E-state index in [9.17, 15) is 4.39 Å². The molecule has 0 heterocycles. The smallest absolute Gasteiger partial charge is 0.131 e. The summed E-state index contributed by atoms with van der Waals surface area (Å²) < 4.78 is 13.8. The molecular weight excluding hydrogens is 247 g/mol. The zero-order valence-corrected chi connectivity index (χ0v) is 12.0. The van der Waals surface area contributed by atoms with Crippen LogP contribution in [-0.2, 0) is 0 Å². The monoisotopic (exact) mass is 268 g/mol. The first-order valence-corrected chi connectivity index (χ1v) is 7.59. The van der Waals surface area contributed by atoms with E-state index in [1.54, 1.807) is 6.07 Å². The summed E-state index contributed by atoms with van der Waals surface area (Å²) in [6, 6.07) is 15.5. The Bertz CT molecular complexity index is 563. The van der Waals surface area contributed by atoms with Crippen LogP contribution in [0.4, 0.5) is 4.39 Å². The highest BCUT2D eigenvalue weighted by Gasteiger charge is 2.19. The third-order valence-corrected chi connectivity index (χ3v) is 4.58. The van der Waals surface area contributed by atoms with Crippen molar-refractivity contribution in [1.29, 1.82) is 0 Å².